The van der Waals surface area contributed by atoms with Crippen molar-refractivity contribution in [2.75, 3.05) is 0 Å². The van der Waals surface area contributed by atoms with E-state index in [-0.39, 0.29) is 39.0 Å². The van der Waals surface area contributed by atoms with Crippen LogP contribution in [-0.4, -0.2) is 22.0 Å². The van der Waals surface area contributed by atoms with Crippen molar-refractivity contribution < 1.29 is 35.6 Å². The summed E-state index contributed by atoms with van der Waals surface area (Å²) in [7, 11) is 0. The zero-order valence-electron chi connectivity index (χ0n) is 19.6. The minimum absolute atomic E-state index is 0. The summed E-state index contributed by atoms with van der Waals surface area (Å²) in [5.74, 6) is 1.56. The summed E-state index contributed by atoms with van der Waals surface area (Å²) in [4.78, 5) is 9.46. The van der Waals surface area contributed by atoms with Crippen LogP contribution in [0.4, 0.5) is 0 Å². The van der Waals surface area contributed by atoms with Gasteiger partial charge in [0.05, 0.1) is 6.04 Å². The normalized spacial score (nSPS) is 17.4. The molecule has 4 aromatic carbocycles. The zero-order valence-corrected chi connectivity index (χ0v) is 21.8. The van der Waals surface area contributed by atoms with E-state index in [0.717, 1.165) is 22.9 Å². The van der Waals surface area contributed by atoms with Gasteiger partial charge in [-0.15, -0.1) is 18.2 Å². The van der Waals surface area contributed by atoms with Crippen molar-refractivity contribution in [1.29, 1.82) is 0 Å². The van der Waals surface area contributed by atoms with Gasteiger partial charge in [-0.25, -0.2) is 4.98 Å². The van der Waals surface area contributed by atoms with Crippen molar-refractivity contribution in [2.24, 2.45) is 4.99 Å². The molecule has 0 fully saturated rings. The van der Waals surface area contributed by atoms with Gasteiger partial charge < -0.3 is 14.6 Å². The number of benzene rings is 4. The molecule has 2 heterocycles. The minimum atomic E-state index is -0.160. The third-order valence-electron chi connectivity index (χ3n) is 6.76. The Morgan fingerprint density at radius 3 is 2.57 bits per heavy atom. The monoisotopic (exact) mass is 664 g/mol. The molecule has 0 radical (unpaired) electrons. The second-order valence-electron chi connectivity index (χ2n) is 9.02. The molecule has 5 nitrogen and oxygen atoms in total. The van der Waals surface area contributed by atoms with Crippen LogP contribution in [0.5, 0.6) is 17.4 Å². The van der Waals surface area contributed by atoms with Gasteiger partial charge in [-0.1, -0.05) is 72.3 Å². The van der Waals surface area contributed by atoms with Crippen molar-refractivity contribution in [3.8, 4) is 28.5 Å². The van der Waals surface area contributed by atoms with Crippen LogP contribution in [-0.2, 0) is 32.2 Å². The molecule has 2 aliphatic rings. The first-order valence-electron chi connectivity index (χ1n) is 11.9. The molecule has 1 aliphatic heterocycles. The number of aliphatic imine (C=N–C) groups is 1. The Balaban J connectivity index is 0.00000252. The number of hydrogen-bond donors (Lipinski definition) is 1. The Morgan fingerprint density at radius 2 is 1.65 bits per heavy atom. The van der Waals surface area contributed by atoms with Gasteiger partial charge >= 0.3 is 0 Å². The van der Waals surface area contributed by atoms with Crippen molar-refractivity contribution in [3.63, 3.8) is 0 Å². The fourth-order valence-corrected chi connectivity index (χ4v) is 5.10. The molecular weight excluding hydrogens is 643 g/mol. The molecule has 5 aromatic rings. The molecular formula is C31H21N2O3Pt-. The summed E-state index contributed by atoms with van der Waals surface area (Å²) < 4.78 is 12.5. The quantitative estimate of drug-likeness (QED) is 0.220. The van der Waals surface area contributed by atoms with Gasteiger partial charge in [-0.05, 0) is 35.2 Å². The molecule has 0 saturated carbocycles. The number of ether oxygens (including phenoxy) is 2. The summed E-state index contributed by atoms with van der Waals surface area (Å²) >= 11 is 0. The van der Waals surface area contributed by atoms with Gasteiger partial charge in [0, 0.05) is 43.8 Å². The third-order valence-corrected chi connectivity index (χ3v) is 6.76. The summed E-state index contributed by atoms with van der Waals surface area (Å²) in [5, 5.41) is 11.0. The van der Waals surface area contributed by atoms with Gasteiger partial charge in [0.25, 0.3) is 0 Å². The topological polar surface area (TPSA) is 63.9 Å². The average molecular weight is 665 g/mol. The SMILES string of the molecule is Oc1cccc2ccc(Oc3[c-]c(C4=N[C@H]5Cc6ccccc6-c6ccccc6[C@H]5O4)ccc3)nc12.[Pt]. The molecule has 0 spiro atoms. The van der Waals surface area contributed by atoms with Crippen LogP contribution < -0.4 is 4.74 Å². The minimum Gasteiger partial charge on any atom is -0.510 e. The Bertz CT molecular complexity index is 1670. The van der Waals surface area contributed by atoms with Gasteiger partial charge in [0.15, 0.2) is 0 Å². The second-order valence-corrected chi connectivity index (χ2v) is 9.02. The van der Waals surface area contributed by atoms with Gasteiger partial charge in [-0.2, -0.15) is 0 Å². The number of aromatic nitrogens is 1. The first-order chi connectivity index (χ1) is 17.7. The van der Waals surface area contributed by atoms with E-state index < -0.39 is 0 Å². The van der Waals surface area contributed by atoms with Crippen LogP contribution in [0.3, 0.4) is 0 Å². The van der Waals surface area contributed by atoms with Gasteiger partial charge in [0.2, 0.25) is 5.88 Å². The number of aromatic hydroxyl groups is 1. The van der Waals surface area contributed by atoms with Crippen LogP contribution in [0.25, 0.3) is 22.0 Å². The molecule has 1 N–H and O–H groups in total. The smallest absolute Gasteiger partial charge is 0.217 e. The standard InChI is InChI=1S/C31H21N2O3.Pt/c34-27-14-6-8-19-15-16-28(33-29(19)27)35-22-10-5-9-21(17-22)31-32-26-18-20-7-1-2-11-23(20)24-12-3-4-13-25(24)30(26)36-31;/h1-16,26,30,34H,18H2;/q-1;/t26-,30+;/m0./s1. The van der Waals surface area contributed by atoms with Crippen molar-refractivity contribution >= 4 is 16.8 Å². The summed E-state index contributed by atoms with van der Waals surface area (Å²) in [6.45, 7) is 0. The Hall–Kier alpha value is -3.95. The number of hydrogen-bond acceptors (Lipinski definition) is 5. The molecule has 0 saturated heterocycles. The van der Waals surface area contributed by atoms with Crippen LogP contribution in [0.1, 0.15) is 22.8 Å². The third kappa shape index (κ3) is 4.20. The maximum absolute atomic E-state index is 10.1. The summed E-state index contributed by atoms with van der Waals surface area (Å²) in [5.41, 5.74) is 6.10. The van der Waals surface area contributed by atoms with Crippen LogP contribution in [0.2, 0.25) is 0 Å². The fourth-order valence-electron chi connectivity index (χ4n) is 5.10. The number of rotatable bonds is 3. The van der Waals surface area contributed by atoms with E-state index in [1.807, 2.05) is 30.3 Å². The molecule has 1 aliphatic carbocycles. The number of pyridine rings is 1. The number of nitrogens with zero attached hydrogens (tertiary/aromatic N) is 2. The number of fused-ring (bicyclic) bond motifs is 6. The second kappa shape index (κ2) is 9.49. The van der Waals surface area contributed by atoms with E-state index in [1.54, 1.807) is 18.2 Å². The maximum Gasteiger partial charge on any atom is 0.217 e. The van der Waals surface area contributed by atoms with Crippen LogP contribution in [0, 0.1) is 6.07 Å². The predicted molar refractivity (Wildman–Crippen MR) is 138 cm³/mol. The van der Waals surface area contributed by atoms with Crippen molar-refractivity contribution in [3.05, 3.63) is 120 Å². The first kappa shape index (κ1) is 23.4. The molecule has 0 amide bonds. The Labute approximate surface area is 228 Å². The first-order valence-corrected chi connectivity index (χ1v) is 11.9. The van der Waals surface area contributed by atoms with Gasteiger partial charge in [-0.3, -0.25) is 4.99 Å². The van der Waals surface area contributed by atoms with Gasteiger partial charge in [0.1, 0.15) is 23.3 Å². The molecule has 2 atom stereocenters. The van der Waals surface area contributed by atoms with E-state index in [2.05, 4.69) is 59.6 Å². The number of phenolic OH excluding ortho intramolecular Hbond substituents is 1. The molecule has 7 rings (SSSR count). The van der Waals surface area contributed by atoms with E-state index >= 15 is 0 Å². The van der Waals surface area contributed by atoms with Crippen LogP contribution >= 0.6 is 0 Å². The Kier molecular flexibility index (Phi) is 6.02. The molecule has 6 heteroatoms. The number of para-hydroxylation sites is 1. The number of phenols is 1. The molecule has 1 aromatic heterocycles. The summed E-state index contributed by atoms with van der Waals surface area (Å²) in [6, 6.07) is 34.8. The van der Waals surface area contributed by atoms with E-state index in [1.165, 1.54) is 16.7 Å². The van der Waals surface area contributed by atoms with Crippen molar-refractivity contribution in [2.45, 2.75) is 18.6 Å². The molecule has 0 bridgehead atoms. The average Bonchev–Trinajstić information content (AvgIpc) is 3.28. The molecule has 0 unspecified atom stereocenters. The zero-order chi connectivity index (χ0) is 24.1. The predicted octanol–water partition coefficient (Wildman–Crippen LogP) is 6.64. The Morgan fingerprint density at radius 1 is 0.838 bits per heavy atom. The fraction of sp³-hybridized carbons (Fsp3) is 0.0968. The summed E-state index contributed by atoms with van der Waals surface area (Å²) in [6.07, 6.45) is 0.645. The van der Waals surface area contributed by atoms with E-state index in [4.69, 9.17) is 14.5 Å². The van der Waals surface area contributed by atoms with E-state index in [0.29, 0.717) is 23.0 Å². The molecule has 37 heavy (non-hydrogen) atoms. The van der Waals surface area contributed by atoms with Crippen LogP contribution in [0.15, 0.2) is 102 Å². The van der Waals surface area contributed by atoms with Crippen molar-refractivity contribution in [1.82, 2.24) is 4.98 Å². The maximum atomic E-state index is 10.1. The van der Waals surface area contributed by atoms with E-state index in [9.17, 15) is 5.11 Å². The largest absolute Gasteiger partial charge is 0.510 e. The molecule has 184 valence electrons.